The lowest BCUT2D eigenvalue weighted by Crippen LogP contribution is -2.26. The van der Waals surface area contributed by atoms with Gasteiger partial charge in [-0.05, 0) is 38.5 Å². The van der Waals surface area contributed by atoms with Gasteiger partial charge in [-0.1, -0.05) is 13.8 Å². The number of thiazole rings is 1. The fourth-order valence-corrected chi connectivity index (χ4v) is 3.86. The van der Waals surface area contributed by atoms with Crippen LogP contribution >= 0.6 is 11.3 Å². The highest BCUT2D eigenvalue weighted by molar-refractivity contribution is 7.15. The van der Waals surface area contributed by atoms with E-state index in [4.69, 9.17) is 0 Å². The number of anilines is 1. The van der Waals surface area contributed by atoms with E-state index < -0.39 is 0 Å². The van der Waals surface area contributed by atoms with Crippen molar-refractivity contribution in [3.8, 4) is 0 Å². The maximum absolute atomic E-state index is 4.54. The van der Waals surface area contributed by atoms with Gasteiger partial charge in [0, 0.05) is 36.8 Å². The number of nitrogens with zero attached hydrogens (tertiary/aromatic N) is 2. The Morgan fingerprint density at radius 1 is 1.42 bits per heavy atom. The fraction of sp³-hybridized carbons (Fsp3) is 0.800. The zero-order valence-electron chi connectivity index (χ0n) is 12.7. The normalized spacial score (nSPS) is 21.8. The van der Waals surface area contributed by atoms with Crippen molar-refractivity contribution in [2.24, 2.45) is 5.41 Å². The van der Waals surface area contributed by atoms with Gasteiger partial charge in [-0.2, -0.15) is 0 Å². The molecule has 0 radical (unpaired) electrons. The Morgan fingerprint density at radius 2 is 2.16 bits per heavy atom. The van der Waals surface area contributed by atoms with Crippen molar-refractivity contribution >= 4 is 16.5 Å². The van der Waals surface area contributed by atoms with Crippen molar-refractivity contribution < 1.29 is 0 Å². The standard InChI is InChI=1S/C15H27N3S/c1-5-18(6-2)14-17-11-13(19-14)10-16-12-7-8-15(3,4)9-12/h11-12,16H,5-10H2,1-4H3. The molecule has 1 N–H and O–H groups in total. The first-order chi connectivity index (χ1) is 9.04. The molecular formula is C15H27N3S. The van der Waals surface area contributed by atoms with E-state index in [-0.39, 0.29) is 0 Å². The predicted molar refractivity (Wildman–Crippen MR) is 83.9 cm³/mol. The average molecular weight is 281 g/mol. The minimum absolute atomic E-state index is 0.526. The molecule has 19 heavy (non-hydrogen) atoms. The van der Waals surface area contributed by atoms with Gasteiger partial charge in [0.15, 0.2) is 5.13 Å². The summed E-state index contributed by atoms with van der Waals surface area (Å²) in [5, 5.41) is 4.85. The van der Waals surface area contributed by atoms with Crippen LogP contribution in [0.25, 0.3) is 0 Å². The first-order valence-corrected chi connectivity index (χ1v) is 8.28. The monoisotopic (exact) mass is 281 g/mol. The molecule has 0 saturated heterocycles. The summed E-state index contributed by atoms with van der Waals surface area (Å²) in [6, 6.07) is 0.689. The van der Waals surface area contributed by atoms with Crippen LogP contribution in [-0.4, -0.2) is 24.1 Å². The van der Waals surface area contributed by atoms with Crippen LogP contribution in [0.15, 0.2) is 6.20 Å². The highest BCUT2D eigenvalue weighted by Gasteiger charge is 2.30. The van der Waals surface area contributed by atoms with Crippen LogP contribution in [0.1, 0.15) is 51.8 Å². The third-order valence-electron chi connectivity index (χ3n) is 4.11. The first kappa shape index (κ1) is 14.8. The van der Waals surface area contributed by atoms with E-state index in [1.54, 1.807) is 0 Å². The lowest BCUT2D eigenvalue weighted by Gasteiger charge is -2.17. The van der Waals surface area contributed by atoms with Crippen LogP contribution in [0.5, 0.6) is 0 Å². The van der Waals surface area contributed by atoms with Crippen LogP contribution in [0, 0.1) is 5.41 Å². The van der Waals surface area contributed by atoms with Gasteiger partial charge in [0.05, 0.1) is 0 Å². The smallest absolute Gasteiger partial charge is 0.185 e. The lowest BCUT2D eigenvalue weighted by molar-refractivity contribution is 0.364. The van der Waals surface area contributed by atoms with E-state index in [2.05, 4.69) is 42.9 Å². The van der Waals surface area contributed by atoms with Gasteiger partial charge in [-0.25, -0.2) is 4.98 Å². The van der Waals surface area contributed by atoms with Crippen molar-refractivity contribution in [1.29, 1.82) is 0 Å². The van der Waals surface area contributed by atoms with Crippen molar-refractivity contribution in [2.75, 3.05) is 18.0 Å². The lowest BCUT2D eigenvalue weighted by atomic mass is 9.92. The topological polar surface area (TPSA) is 28.2 Å². The van der Waals surface area contributed by atoms with Crippen LogP contribution in [0.4, 0.5) is 5.13 Å². The average Bonchev–Trinajstić information content (AvgIpc) is 2.95. The summed E-state index contributed by atoms with van der Waals surface area (Å²) >= 11 is 1.83. The largest absolute Gasteiger partial charge is 0.349 e. The summed E-state index contributed by atoms with van der Waals surface area (Å²) in [6.45, 7) is 12.2. The van der Waals surface area contributed by atoms with Crippen LogP contribution in [0.3, 0.4) is 0 Å². The van der Waals surface area contributed by atoms with E-state index in [1.165, 1.54) is 24.1 Å². The molecule has 0 amide bonds. The molecule has 1 unspecified atom stereocenters. The van der Waals surface area contributed by atoms with Crippen LogP contribution in [0.2, 0.25) is 0 Å². The third-order valence-corrected chi connectivity index (χ3v) is 5.17. The third kappa shape index (κ3) is 3.93. The summed E-state index contributed by atoms with van der Waals surface area (Å²) in [6.07, 6.45) is 5.99. The molecule has 108 valence electrons. The van der Waals surface area contributed by atoms with Gasteiger partial charge in [0.1, 0.15) is 0 Å². The molecule has 1 aliphatic rings. The highest BCUT2D eigenvalue weighted by Crippen LogP contribution is 2.37. The fourth-order valence-electron chi connectivity index (χ4n) is 2.87. The van der Waals surface area contributed by atoms with Crippen LogP contribution < -0.4 is 10.2 Å². The zero-order chi connectivity index (χ0) is 13.9. The van der Waals surface area contributed by atoms with Gasteiger partial charge in [-0.15, -0.1) is 11.3 Å². The summed E-state index contributed by atoms with van der Waals surface area (Å²) in [7, 11) is 0. The Balaban J connectivity index is 1.84. The Bertz CT molecular complexity index is 396. The van der Waals surface area contributed by atoms with Gasteiger partial charge >= 0.3 is 0 Å². The molecular weight excluding hydrogens is 254 g/mol. The second-order valence-electron chi connectivity index (χ2n) is 6.27. The van der Waals surface area contributed by atoms with E-state index >= 15 is 0 Å². The van der Waals surface area contributed by atoms with Crippen molar-refractivity contribution in [1.82, 2.24) is 10.3 Å². The number of rotatable bonds is 6. The van der Waals surface area contributed by atoms with Gasteiger partial charge in [0.2, 0.25) is 0 Å². The SMILES string of the molecule is CCN(CC)c1ncc(CNC2CCC(C)(C)C2)s1. The maximum Gasteiger partial charge on any atom is 0.185 e. The van der Waals surface area contributed by atoms with Gasteiger partial charge in [0.25, 0.3) is 0 Å². The Hall–Kier alpha value is -0.610. The molecule has 1 aromatic rings. The minimum atomic E-state index is 0.526. The number of hydrogen-bond donors (Lipinski definition) is 1. The molecule has 0 bridgehead atoms. The molecule has 1 atom stereocenters. The molecule has 1 saturated carbocycles. The Kier molecular flexibility index (Phi) is 4.85. The quantitative estimate of drug-likeness (QED) is 0.862. The number of hydrogen-bond acceptors (Lipinski definition) is 4. The molecule has 2 rings (SSSR count). The van der Waals surface area contributed by atoms with E-state index in [0.29, 0.717) is 11.5 Å². The van der Waals surface area contributed by atoms with Crippen molar-refractivity contribution in [2.45, 2.75) is 59.5 Å². The van der Waals surface area contributed by atoms with E-state index in [9.17, 15) is 0 Å². The van der Waals surface area contributed by atoms with Crippen molar-refractivity contribution in [3.05, 3.63) is 11.1 Å². The number of nitrogens with one attached hydrogen (secondary N) is 1. The maximum atomic E-state index is 4.54. The molecule has 0 spiro atoms. The number of aromatic nitrogens is 1. The highest BCUT2D eigenvalue weighted by atomic mass is 32.1. The zero-order valence-corrected chi connectivity index (χ0v) is 13.5. The van der Waals surface area contributed by atoms with Crippen LogP contribution in [-0.2, 0) is 6.54 Å². The molecule has 1 fully saturated rings. The second kappa shape index (κ2) is 6.23. The molecule has 1 aliphatic carbocycles. The Labute approximate surface area is 121 Å². The summed E-state index contributed by atoms with van der Waals surface area (Å²) in [5.41, 5.74) is 0.526. The second-order valence-corrected chi connectivity index (χ2v) is 7.36. The molecule has 0 aliphatic heterocycles. The van der Waals surface area contributed by atoms with E-state index in [1.807, 2.05) is 17.5 Å². The molecule has 4 heteroatoms. The minimum Gasteiger partial charge on any atom is -0.349 e. The van der Waals surface area contributed by atoms with E-state index in [0.717, 1.165) is 24.8 Å². The van der Waals surface area contributed by atoms with Crippen molar-refractivity contribution in [3.63, 3.8) is 0 Å². The summed E-state index contributed by atoms with van der Waals surface area (Å²) < 4.78 is 0. The summed E-state index contributed by atoms with van der Waals surface area (Å²) in [4.78, 5) is 8.20. The molecule has 3 nitrogen and oxygen atoms in total. The van der Waals surface area contributed by atoms with Gasteiger partial charge in [-0.3, -0.25) is 0 Å². The molecule has 1 aromatic heterocycles. The molecule has 0 aromatic carbocycles. The Morgan fingerprint density at radius 3 is 2.74 bits per heavy atom. The summed E-state index contributed by atoms with van der Waals surface area (Å²) in [5.74, 6) is 0. The molecule has 1 heterocycles. The predicted octanol–water partition coefficient (Wildman–Crippen LogP) is 3.66. The van der Waals surface area contributed by atoms with Gasteiger partial charge < -0.3 is 10.2 Å². The first-order valence-electron chi connectivity index (χ1n) is 7.47.